The number of ether oxygens (including phenoxy) is 1. The first-order chi connectivity index (χ1) is 11.2. The van der Waals surface area contributed by atoms with Gasteiger partial charge in [-0.2, -0.15) is 0 Å². The molecular weight excluding hydrogens is 328 g/mol. The van der Waals surface area contributed by atoms with Crippen LogP contribution in [0.3, 0.4) is 0 Å². The Morgan fingerprint density at radius 1 is 1.29 bits per heavy atom. The van der Waals surface area contributed by atoms with Crippen LogP contribution < -0.4 is 0 Å². The first-order valence-electron chi connectivity index (χ1n) is 8.12. The highest BCUT2D eigenvalue weighted by atomic mass is 32.2. The summed E-state index contributed by atoms with van der Waals surface area (Å²) in [5, 5.41) is 11.3. The third kappa shape index (κ3) is 4.63. The van der Waals surface area contributed by atoms with Crippen molar-refractivity contribution in [2.45, 2.75) is 51.0 Å². The molecule has 0 spiro atoms. The maximum atomic E-state index is 12.3. The third-order valence-electron chi connectivity index (χ3n) is 3.73. The van der Waals surface area contributed by atoms with E-state index in [-0.39, 0.29) is 16.7 Å². The number of amides is 1. The average Bonchev–Trinajstić information content (AvgIpc) is 2.67. The number of nitro groups is 1. The lowest BCUT2D eigenvalue weighted by molar-refractivity contribution is -0.387. The Kier molecular flexibility index (Phi) is 5.74. The van der Waals surface area contributed by atoms with Gasteiger partial charge in [-0.25, -0.2) is 4.79 Å². The van der Waals surface area contributed by atoms with Crippen LogP contribution in [0.15, 0.2) is 17.0 Å². The molecule has 1 heterocycles. The molecule has 1 amide bonds. The number of benzene rings is 1. The number of nitro benzene ring substituents is 1. The van der Waals surface area contributed by atoms with E-state index >= 15 is 0 Å². The lowest BCUT2D eigenvalue weighted by atomic mass is 10.0. The van der Waals surface area contributed by atoms with Gasteiger partial charge in [0.25, 0.3) is 5.69 Å². The molecule has 2 rings (SSSR count). The second kappa shape index (κ2) is 7.42. The monoisotopic (exact) mass is 352 g/mol. The Morgan fingerprint density at radius 2 is 1.88 bits per heavy atom. The summed E-state index contributed by atoms with van der Waals surface area (Å²) in [7, 11) is 0. The van der Waals surface area contributed by atoms with Gasteiger partial charge in [-0.1, -0.05) is 6.92 Å². The molecule has 0 saturated carbocycles. The van der Waals surface area contributed by atoms with Crippen molar-refractivity contribution >= 4 is 23.5 Å². The zero-order valence-corrected chi connectivity index (χ0v) is 15.4. The van der Waals surface area contributed by atoms with Gasteiger partial charge in [-0.3, -0.25) is 10.1 Å². The van der Waals surface area contributed by atoms with E-state index in [9.17, 15) is 14.9 Å². The van der Waals surface area contributed by atoms with Crippen LogP contribution in [0.4, 0.5) is 10.5 Å². The largest absolute Gasteiger partial charge is 0.444 e. The molecule has 0 radical (unpaired) electrons. The second-order valence-electron chi connectivity index (χ2n) is 6.75. The Morgan fingerprint density at radius 3 is 2.38 bits per heavy atom. The maximum Gasteiger partial charge on any atom is 0.410 e. The lowest BCUT2D eigenvalue weighted by Gasteiger charge is -2.26. The number of thioether (sulfide) groups is 1. The predicted molar refractivity (Wildman–Crippen MR) is 94.7 cm³/mol. The van der Waals surface area contributed by atoms with Crippen LogP contribution in [0, 0.1) is 10.1 Å². The van der Waals surface area contributed by atoms with E-state index in [1.165, 1.54) is 11.8 Å². The zero-order valence-electron chi connectivity index (χ0n) is 14.6. The fourth-order valence-corrected chi connectivity index (χ4v) is 3.48. The predicted octanol–water partition coefficient (Wildman–Crippen LogP) is 4.04. The Labute approximate surface area is 146 Å². The minimum atomic E-state index is -0.528. The normalized spacial score (nSPS) is 14.8. The number of carbonyl (C=O) groups excluding carboxylic acids is 1. The Bertz CT molecular complexity index is 640. The molecule has 0 atom stereocenters. The van der Waals surface area contributed by atoms with E-state index in [1.54, 1.807) is 11.0 Å². The van der Waals surface area contributed by atoms with Crippen molar-refractivity contribution in [1.82, 2.24) is 4.90 Å². The van der Waals surface area contributed by atoms with Gasteiger partial charge in [-0.15, -0.1) is 11.8 Å². The van der Waals surface area contributed by atoms with E-state index in [1.807, 2.05) is 33.8 Å². The second-order valence-corrected chi connectivity index (χ2v) is 8.05. The van der Waals surface area contributed by atoms with Gasteiger partial charge < -0.3 is 9.64 Å². The fourth-order valence-electron chi connectivity index (χ4n) is 2.66. The van der Waals surface area contributed by atoms with Crippen molar-refractivity contribution in [3.63, 3.8) is 0 Å². The molecule has 0 aliphatic carbocycles. The van der Waals surface area contributed by atoms with Crippen LogP contribution in [0.25, 0.3) is 0 Å². The zero-order chi connectivity index (χ0) is 17.9. The van der Waals surface area contributed by atoms with Gasteiger partial charge in [0.2, 0.25) is 0 Å². The molecule has 24 heavy (non-hydrogen) atoms. The third-order valence-corrected chi connectivity index (χ3v) is 4.66. The van der Waals surface area contributed by atoms with Crippen LogP contribution in [0.2, 0.25) is 0 Å². The number of hydrogen-bond acceptors (Lipinski definition) is 5. The molecule has 0 unspecified atom stereocenters. The smallest absolute Gasteiger partial charge is 0.410 e. The molecule has 1 aliphatic heterocycles. The summed E-state index contributed by atoms with van der Waals surface area (Å²) in [5.41, 5.74) is 1.67. The molecule has 0 saturated heterocycles. The standard InChI is InChI=1S/C17H24N2O4S/c1-5-24-15-11-13-7-9-18(16(20)23-17(2,3)4)8-6-12(13)10-14(15)19(21)22/h10-11H,5-9H2,1-4H3. The molecule has 132 valence electrons. The number of hydrogen-bond donors (Lipinski definition) is 0. The van der Waals surface area contributed by atoms with Crippen LogP contribution in [-0.2, 0) is 17.6 Å². The molecular formula is C17H24N2O4S. The van der Waals surface area contributed by atoms with Crippen molar-refractivity contribution < 1.29 is 14.5 Å². The van der Waals surface area contributed by atoms with E-state index in [4.69, 9.17) is 4.74 Å². The molecule has 6 nitrogen and oxygen atoms in total. The van der Waals surface area contributed by atoms with Gasteiger partial charge in [0, 0.05) is 19.2 Å². The molecule has 0 aromatic heterocycles. The molecule has 0 bridgehead atoms. The van der Waals surface area contributed by atoms with Crippen LogP contribution in [-0.4, -0.2) is 40.4 Å². The quantitative estimate of drug-likeness (QED) is 0.466. The van der Waals surface area contributed by atoms with E-state index in [0.29, 0.717) is 30.8 Å². The van der Waals surface area contributed by atoms with Crippen molar-refractivity contribution in [3.8, 4) is 0 Å². The topological polar surface area (TPSA) is 72.7 Å². The molecule has 0 fully saturated rings. The molecule has 7 heteroatoms. The van der Waals surface area contributed by atoms with Crippen LogP contribution >= 0.6 is 11.8 Å². The van der Waals surface area contributed by atoms with Gasteiger partial charge in [0.1, 0.15) is 5.60 Å². The van der Waals surface area contributed by atoms with E-state index in [0.717, 1.165) is 16.9 Å². The minimum absolute atomic E-state index is 0.159. The summed E-state index contributed by atoms with van der Waals surface area (Å²) in [4.78, 5) is 25.6. The minimum Gasteiger partial charge on any atom is -0.444 e. The summed E-state index contributed by atoms with van der Waals surface area (Å²) < 4.78 is 5.43. The maximum absolute atomic E-state index is 12.3. The van der Waals surface area contributed by atoms with Gasteiger partial charge in [-0.05, 0) is 56.6 Å². The lowest BCUT2D eigenvalue weighted by Crippen LogP contribution is -2.38. The number of carbonyl (C=O) groups is 1. The summed E-state index contributed by atoms with van der Waals surface area (Å²) in [6, 6.07) is 3.59. The highest BCUT2D eigenvalue weighted by Crippen LogP contribution is 2.33. The summed E-state index contributed by atoms with van der Waals surface area (Å²) in [6.07, 6.45) is 0.962. The average molecular weight is 352 g/mol. The number of nitrogens with zero attached hydrogens (tertiary/aromatic N) is 2. The van der Waals surface area contributed by atoms with Crippen molar-refractivity contribution in [2.75, 3.05) is 18.8 Å². The SMILES string of the molecule is CCSc1cc2c(cc1[N+](=O)[O-])CCN(C(=O)OC(C)(C)C)CC2. The van der Waals surface area contributed by atoms with Crippen molar-refractivity contribution in [2.24, 2.45) is 0 Å². The van der Waals surface area contributed by atoms with E-state index < -0.39 is 5.60 Å². The summed E-state index contributed by atoms with van der Waals surface area (Å²) in [5.74, 6) is 0.781. The number of rotatable bonds is 3. The molecule has 0 N–H and O–H groups in total. The highest BCUT2D eigenvalue weighted by molar-refractivity contribution is 7.99. The van der Waals surface area contributed by atoms with Crippen molar-refractivity contribution in [3.05, 3.63) is 33.4 Å². The molecule has 1 aromatic rings. The van der Waals surface area contributed by atoms with Crippen LogP contribution in [0.1, 0.15) is 38.8 Å². The number of fused-ring (bicyclic) bond motifs is 1. The van der Waals surface area contributed by atoms with Gasteiger partial charge >= 0.3 is 6.09 Å². The van der Waals surface area contributed by atoms with Crippen LogP contribution in [0.5, 0.6) is 0 Å². The summed E-state index contributed by atoms with van der Waals surface area (Å²) >= 11 is 1.48. The fraction of sp³-hybridized carbons (Fsp3) is 0.588. The van der Waals surface area contributed by atoms with Crippen molar-refractivity contribution in [1.29, 1.82) is 0 Å². The van der Waals surface area contributed by atoms with Gasteiger partial charge in [0.05, 0.1) is 9.82 Å². The first-order valence-corrected chi connectivity index (χ1v) is 9.10. The summed E-state index contributed by atoms with van der Waals surface area (Å²) in [6.45, 7) is 8.58. The molecule has 1 aliphatic rings. The van der Waals surface area contributed by atoms with E-state index in [2.05, 4.69) is 0 Å². The van der Waals surface area contributed by atoms with Gasteiger partial charge in [0.15, 0.2) is 0 Å². The first kappa shape index (κ1) is 18.6. The molecule has 1 aromatic carbocycles. The Balaban J connectivity index is 2.21. The Hall–Kier alpha value is -1.76. The highest BCUT2D eigenvalue weighted by Gasteiger charge is 2.26.